The number of nitrogens with one attached hydrogen (secondary N) is 1. The van der Waals surface area contributed by atoms with E-state index < -0.39 is 5.60 Å². The van der Waals surface area contributed by atoms with Crippen molar-refractivity contribution in [2.24, 2.45) is 0 Å². The van der Waals surface area contributed by atoms with Crippen molar-refractivity contribution in [3.05, 3.63) is 35.9 Å². The molecule has 3 nitrogen and oxygen atoms in total. The fourth-order valence-corrected chi connectivity index (χ4v) is 1.77. The molecular formula is C12H17NO2. The second-order valence-electron chi connectivity index (χ2n) is 4.12. The highest BCUT2D eigenvalue weighted by Gasteiger charge is 2.31. The molecule has 0 aromatic heterocycles. The Morgan fingerprint density at radius 1 is 1.33 bits per heavy atom. The predicted molar refractivity (Wildman–Crippen MR) is 58.5 cm³/mol. The van der Waals surface area contributed by atoms with E-state index in [0.29, 0.717) is 19.8 Å². The molecule has 1 aliphatic rings. The highest BCUT2D eigenvalue weighted by molar-refractivity contribution is 5.14. The van der Waals surface area contributed by atoms with Crippen molar-refractivity contribution in [1.29, 1.82) is 0 Å². The second kappa shape index (κ2) is 4.75. The van der Waals surface area contributed by atoms with Gasteiger partial charge in [0.1, 0.15) is 5.60 Å². The lowest BCUT2D eigenvalue weighted by molar-refractivity contribution is 0.0268. The van der Waals surface area contributed by atoms with Gasteiger partial charge < -0.3 is 15.2 Å². The first-order chi connectivity index (χ1) is 7.29. The Balaban J connectivity index is 1.75. The van der Waals surface area contributed by atoms with Crippen LogP contribution in [0.1, 0.15) is 12.0 Å². The van der Waals surface area contributed by atoms with Crippen LogP contribution in [0.2, 0.25) is 0 Å². The van der Waals surface area contributed by atoms with Crippen molar-refractivity contribution in [3.8, 4) is 0 Å². The normalized spacial score (nSPS) is 25.7. The fourth-order valence-electron chi connectivity index (χ4n) is 1.77. The van der Waals surface area contributed by atoms with Crippen LogP contribution in [0.15, 0.2) is 30.3 Å². The van der Waals surface area contributed by atoms with Crippen LogP contribution >= 0.6 is 0 Å². The van der Waals surface area contributed by atoms with Gasteiger partial charge in [0, 0.05) is 26.1 Å². The Bertz CT molecular complexity index is 294. The summed E-state index contributed by atoms with van der Waals surface area (Å²) in [5.74, 6) is 0. The molecule has 0 radical (unpaired) electrons. The van der Waals surface area contributed by atoms with Crippen LogP contribution in [0.4, 0.5) is 0 Å². The van der Waals surface area contributed by atoms with Crippen LogP contribution in [0.25, 0.3) is 0 Å². The average molecular weight is 207 g/mol. The largest absolute Gasteiger partial charge is 0.386 e. The van der Waals surface area contributed by atoms with E-state index in [2.05, 4.69) is 17.4 Å². The molecule has 0 spiro atoms. The lowest BCUT2D eigenvalue weighted by atomic mass is 10.0. The monoisotopic (exact) mass is 207 g/mol. The van der Waals surface area contributed by atoms with Crippen molar-refractivity contribution in [2.75, 3.05) is 19.8 Å². The van der Waals surface area contributed by atoms with Gasteiger partial charge in [-0.2, -0.15) is 0 Å². The van der Waals surface area contributed by atoms with E-state index in [0.717, 1.165) is 13.0 Å². The van der Waals surface area contributed by atoms with Gasteiger partial charge in [-0.05, 0) is 5.56 Å². The Hall–Kier alpha value is -0.900. The first-order valence-corrected chi connectivity index (χ1v) is 5.33. The van der Waals surface area contributed by atoms with Gasteiger partial charge in [0.05, 0.1) is 6.61 Å². The minimum Gasteiger partial charge on any atom is -0.386 e. The van der Waals surface area contributed by atoms with Crippen molar-refractivity contribution in [2.45, 2.75) is 18.6 Å². The van der Waals surface area contributed by atoms with Crippen LogP contribution in [-0.4, -0.2) is 30.5 Å². The summed E-state index contributed by atoms with van der Waals surface area (Å²) in [5.41, 5.74) is 0.578. The Labute approximate surface area is 90.1 Å². The molecule has 0 amide bonds. The fraction of sp³-hybridized carbons (Fsp3) is 0.500. The summed E-state index contributed by atoms with van der Waals surface area (Å²) < 4.78 is 5.17. The summed E-state index contributed by atoms with van der Waals surface area (Å²) in [4.78, 5) is 0. The molecule has 15 heavy (non-hydrogen) atoms. The van der Waals surface area contributed by atoms with E-state index in [-0.39, 0.29) is 0 Å². The average Bonchev–Trinajstić information content (AvgIpc) is 2.67. The lowest BCUT2D eigenvalue weighted by Gasteiger charge is -2.20. The molecule has 82 valence electrons. The number of aliphatic hydroxyl groups is 1. The smallest absolute Gasteiger partial charge is 0.102 e. The number of hydrogen-bond donors (Lipinski definition) is 2. The maximum Gasteiger partial charge on any atom is 0.102 e. The molecule has 1 aromatic carbocycles. The predicted octanol–water partition coefficient (Wildman–Crippen LogP) is 0.928. The Morgan fingerprint density at radius 2 is 2.13 bits per heavy atom. The molecule has 1 saturated heterocycles. The van der Waals surface area contributed by atoms with Crippen LogP contribution < -0.4 is 5.32 Å². The molecule has 0 aliphatic carbocycles. The molecule has 1 heterocycles. The molecule has 1 aliphatic heterocycles. The molecule has 0 saturated carbocycles. The van der Waals surface area contributed by atoms with E-state index in [1.165, 1.54) is 5.56 Å². The molecule has 0 bridgehead atoms. The summed E-state index contributed by atoms with van der Waals surface area (Å²) in [6, 6.07) is 10.2. The Morgan fingerprint density at radius 3 is 2.80 bits per heavy atom. The first-order valence-electron chi connectivity index (χ1n) is 5.33. The molecule has 1 fully saturated rings. The number of benzene rings is 1. The summed E-state index contributed by atoms with van der Waals surface area (Å²) in [6.07, 6.45) is 0.731. The van der Waals surface area contributed by atoms with E-state index in [1.807, 2.05) is 18.2 Å². The first kappa shape index (κ1) is 10.6. The quantitative estimate of drug-likeness (QED) is 0.771. The molecule has 0 unspecified atom stereocenters. The minimum atomic E-state index is -0.658. The zero-order valence-corrected chi connectivity index (χ0v) is 8.78. The van der Waals surface area contributed by atoms with Crippen LogP contribution in [0, 0.1) is 0 Å². The third-order valence-electron chi connectivity index (χ3n) is 2.71. The maximum absolute atomic E-state index is 9.98. The van der Waals surface area contributed by atoms with Gasteiger partial charge in [-0.3, -0.25) is 0 Å². The molecular weight excluding hydrogens is 190 g/mol. The van der Waals surface area contributed by atoms with Crippen molar-refractivity contribution in [1.82, 2.24) is 5.32 Å². The molecule has 1 atom stereocenters. The number of ether oxygens (including phenoxy) is 1. The number of rotatable bonds is 4. The minimum absolute atomic E-state index is 0.453. The van der Waals surface area contributed by atoms with Gasteiger partial charge >= 0.3 is 0 Å². The van der Waals surface area contributed by atoms with E-state index in [4.69, 9.17) is 4.74 Å². The van der Waals surface area contributed by atoms with E-state index in [1.54, 1.807) is 0 Å². The summed E-state index contributed by atoms with van der Waals surface area (Å²) in [7, 11) is 0. The summed E-state index contributed by atoms with van der Waals surface area (Å²) in [5, 5.41) is 13.2. The highest BCUT2D eigenvalue weighted by Crippen LogP contribution is 2.16. The summed E-state index contributed by atoms with van der Waals surface area (Å²) in [6.45, 7) is 2.52. The van der Waals surface area contributed by atoms with E-state index >= 15 is 0 Å². The van der Waals surface area contributed by atoms with Gasteiger partial charge in [0.2, 0.25) is 0 Å². The zero-order chi connectivity index (χ0) is 10.6. The molecule has 3 heteroatoms. The third kappa shape index (κ3) is 3.02. The van der Waals surface area contributed by atoms with Crippen LogP contribution in [0.5, 0.6) is 0 Å². The zero-order valence-electron chi connectivity index (χ0n) is 8.78. The lowest BCUT2D eigenvalue weighted by Crippen LogP contribution is -2.40. The van der Waals surface area contributed by atoms with Crippen LogP contribution in [-0.2, 0) is 11.3 Å². The molecule has 2 rings (SSSR count). The standard InChI is InChI=1S/C12H17NO2/c14-12(6-7-15-10-12)9-13-8-11-4-2-1-3-5-11/h1-5,13-14H,6-10H2/t12-/m0/s1. The van der Waals surface area contributed by atoms with Crippen molar-refractivity contribution in [3.63, 3.8) is 0 Å². The number of hydrogen-bond acceptors (Lipinski definition) is 3. The van der Waals surface area contributed by atoms with Gasteiger partial charge in [-0.15, -0.1) is 0 Å². The maximum atomic E-state index is 9.98. The van der Waals surface area contributed by atoms with Gasteiger partial charge in [-0.25, -0.2) is 0 Å². The highest BCUT2D eigenvalue weighted by atomic mass is 16.5. The molecule has 1 aromatic rings. The Kier molecular flexibility index (Phi) is 3.36. The second-order valence-corrected chi connectivity index (χ2v) is 4.12. The van der Waals surface area contributed by atoms with Gasteiger partial charge in [0.15, 0.2) is 0 Å². The van der Waals surface area contributed by atoms with E-state index in [9.17, 15) is 5.11 Å². The SMILES string of the molecule is O[C@]1(CNCc2ccccc2)CCOC1. The topological polar surface area (TPSA) is 41.5 Å². The van der Waals surface area contributed by atoms with Crippen molar-refractivity contribution >= 4 is 0 Å². The summed E-state index contributed by atoms with van der Waals surface area (Å²) >= 11 is 0. The molecule has 2 N–H and O–H groups in total. The van der Waals surface area contributed by atoms with Gasteiger partial charge in [-0.1, -0.05) is 30.3 Å². The van der Waals surface area contributed by atoms with Crippen LogP contribution in [0.3, 0.4) is 0 Å². The van der Waals surface area contributed by atoms with Gasteiger partial charge in [0.25, 0.3) is 0 Å². The van der Waals surface area contributed by atoms with Crippen molar-refractivity contribution < 1.29 is 9.84 Å². The third-order valence-corrected chi connectivity index (χ3v) is 2.71.